The zero-order valence-electron chi connectivity index (χ0n) is 28.6. The number of rotatable bonds is 17. The molecule has 6 amide bonds. The lowest BCUT2D eigenvalue weighted by atomic mass is 10.0. The second-order valence-electron chi connectivity index (χ2n) is 13.0. The highest BCUT2D eigenvalue weighted by atomic mass is 16.4. The lowest BCUT2D eigenvalue weighted by molar-refractivity contribution is -0.149. The van der Waals surface area contributed by atoms with Gasteiger partial charge in [0.25, 0.3) is 0 Å². The minimum absolute atomic E-state index is 0.0271. The molecule has 0 saturated carbocycles. The summed E-state index contributed by atoms with van der Waals surface area (Å²) in [6.45, 7) is 9.84. The standard InChI is InChI=1S/C33H51N7O8/c1-18(2)15-24(30(44)35-17-26(41)36-21(6)32(46)40-14-10-13-25(40)33(47)48)38-28(42)20(5)37-31(45)27(19(3)4)39-29(43)23(34)16-22-11-8-7-9-12-22/h7-9,11-12,18-21,23-25,27H,10,13-17,34H2,1-6H3,(H,35,44)(H,36,41)(H,37,45)(H,38,42)(H,39,43)(H,47,48). The Morgan fingerprint density at radius 2 is 1.48 bits per heavy atom. The van der Waals surface area contributed by atoms with Gasteiger partial charge in [-0.15, -0.1) is 0 Å². The number of amides is 6. The summed E-state index contributed by atoms with van der Waals surface area (Å²) in [6.07, 6.45) is 1.39. The number of nitrogens with one attached hydrogen (secondary N) is 5. The molecule has 1 aromatic rings. The van der Waals surface area contributed by atoms with Gasteiger partial charge < -0.3 is 42.3 Å². The Morgan fingerprint density at radius 1 is 0.833 bits per heavy atom. The summed E-state index contributed by atoms with van der Waals surface area (Å²) in [5, 5.41) is 22.2. The smallest absolute Gasteiger partial charge is 0.326 e. The molecule has 1 aliphatic heterocycles. The monoisotopic (exact) mass is 673 g/mol. The van der Waals surface area contributed by atoms with Crippen molar-refractivity contribution in [2.75, 3.05) is 13.1 Å². The van der Waals surface area contributed by atoms with Gasteiger partial charge in [-0.2, -0.15) is 0 Å². The molecule has 1 fully saturated rings. The highest BCUT2D eigenvalue weighted by Gasteiger charge is 2.36. The van der Waals surface area contributed by atoms with Gasteiger partial charge in [-0.3, -0.25) is 28.8 Å². The SMILES string of the molecule is CC(C)CC(NC(=O)C(C)NC(=O)C(NC(=O)C(N)Cc1ccccc1)C(C)C)C(=O)NCC(=O)NC(C)C(=O)N1CCCC1C(=O)O. The Balaban J connectivity index is 1.93. The summed E-state index contributed by atoms with van der Waals surface area (Å²) in [4.78, 5) is 89.9. The number of carboxylic acid groups (broad SMARTS) is 1. The van der Waals surface area contributed by atoms with E-state index in [-0.39, 0.29) is 31.2 Å². The molecule has 8 N–H and O–H groups in total. The third-order valence-electron chi connectivity index (χ3n) is 7.97. The molecule has 0 spiro atoms. The van der Waals surface area contributed by atoms with Gasteiger partial charge in [0.1, 0.15) is 30.2 Å². The number of hydrogen-bond donors (Lipinski definition) is 7. The Kier molecular flexibility index (Phi) is 15.5. The number of carboxylic acids is 1. The molecule has 48 heavy (non-hydrogen) atoms. The van der Waals surface area contributed by atoms with E-state index in [2.05, 4.69) is 26.6 Å². The second-order valence-corrected chi connectivity index (χ2v) is 13.0. The van der Waals surface area contributed by atoms with Crippen LogP contribution in [0.3, 0.4) is 0 Å². The minimum atomic E-state index is -1.11. The van der Waals surface area contributed by atoms with E-state index in [1.165, 1.54) is 18.7 Å². The molecule has 0 aromatic heterocycles. The van der Waals surface area contributed by atoms with Crippen molar-refractivity contribution in [3.05, 3.63) is 35.9 Å². The topological polar surface area (TPSA) is 229 Å². The third kappa shape index (κ3) is 12.2. The average molecular weight is 674 g/mol. The molecule has 1 aliphatic rings. The van der Waals surface area contributed by atoms with Crippen molar-refractivity contribution in [3.8, 4) is 0 Å². The van der Waals surface area contributed by atoms with Crippen LogP contribution in [0.25, 0.3) is 0 Å². The molecule has 0 aliphatic carbocycles. The van der Waals surface area contributed by atoms with Crippen molar-refractivity contribution >= 4 is 41.4 Å². The van der Waals surface area contributed by atoms with E-state index in [0.29, 0.717) is 12.8 Å². The van der Waals surface area contributed by atoms with Crippen LogP contribution in [0.1, 0.15) is 66.4 Å². The van der Waals surface area contributed by atoms with E-state index in [9.17, 15) is 38.7 Å². The van der Waals surface area contributed by atoms with Crippen molar-refractivity contribution in [2.45, 2.75) is 103 Å². The molecule has 6 atom stereocenters. The van der Waals surface area contributed by atoms with Crippen molar-refractivity contribution < 1.29 is 38.7 Å². The molecule has 1 heterocycles. The largest absolute Gasteiger partial charge is 0.480 e. The highest BCUT2D eigenvalue weighted by Crippen LogP contribution is 2.18. The van der Waals surface area contributed by atoms with E-state index >= 15 is 0 Å². The van der Waals surface area contributed by atoms with Crippen LogP contribution in [0, 0.1) is 11.8 Å². The summed E-state index contributed by atoms with van der Waals surface area (Å²) in [7, 11) is 0. The van der Waals surface area contributed by atoms with Crippen molar-refractivity contribution in [1.29, 1.82) is 0 Å². The molecule has 0 bridgehead atoms. The third-order valence-corrected chi connectivity index (χ3v) is 7.97. The highest BCUT2D eigenvalue weighted by molar-refractivity contribution is 5.96. The number of carbonyl (C=O) groups excluding carboxylic acids is 6. The maximum Gasteiger partial charge on any atom is 0.326 e. The molecule has 1 aromatic carbocycles. The number of nitrogens with zero attached hydrogens (tertiary/aromatic N) is 1. The number of likely N-dealkylation sites (tertiary alicyclic amines) is 1. The van der Waals surface area contributed by atoms with Crippen LogP contribution >= 0.6 is 0 Å². The van der Waals surface area contributed by atoms with Crippen LogP contribution in [-0.2, 0) is 40.0 Å². The fourth-order valence-corrected chi connectivity index (χ4v) is 5.31. The Hall–Kier alpha value is -4.53. The van der Waals surface area contributed by atoms with Gasteiger partial charge in [0.2, 0.25) is 35.4 Å². The summed E-state index contributed by atoms with van der Waals surface area (Å²) in [6, 6.07) is 3.29. The molecular formula is C33H51N7O8. The van der Waals surface area contributed by atoms with Gasteiger partial charge >= 0.3 is 5.97 Å². The van der Waals surface area contributed by atoms with Crippen molar-refractivity contribution in [1.82, 2.24) is 31.5 Å². The van der Waals surface area contributed by atoms with Gasteiger partial charge in [0, 0.05) is 6.54 Å². The van der Waals surface area contributed by atoms with Gasteiger partial charge in [-0.1, -0.05) is 58.0 Å². The van der Waals surface area contributed by atoms with Crippen molar-refractivity contribution in [3.63, 3.8) is 0 Å². The van der Waals surface area contributed by atoms with Gasteiger partial charge in [0.05, 0.1) is 12.6 Å². The Labute approximate surface area is 281 Å². The van der Waals surface area contributed by atoms with Crippen LogP contribution in [-0.4, -0.2) is 101 Å². The Bertz CT molecular complexity index is 1310. The minimum Gasteiger partial charge on any atom is -0.480 e. The summed E-state index contributed by atoms with van der Waals surface area (Å²) < 4.78 is 0. The first-order valence-corrected chi connectivity index (χ1v) is 16.3. The number of carbonyl (C=O) groups is 7. The maximum absolute atomic E-state index is 13.1. The quantitative estimate of drug-likeness (QED) is 0.112. The molecule has 15 nitrogen and oxygen atoms in total. The normalized spacial score (nSPS) is 17.4. The summed E-state index contributed by atoms with van der Waals surface area (Å²) in [5.41, 5.74) is 6.95. The van der Waals surface area contributed by atoms with Crippen LogP contribution in [0.2, 0.25) is 0 Å². The zero-order valence-corrected chi connectivity index (χ0v) is 28.6. The number of hydrogen-bond acceptors (Lipinski definition) is 8. The van der Waals surface area contributed by atoms with Crippen LogP contribution in [0.5, 0.6) is 0 Å². The zero-order chi connectivity index (χ0) is 36.1. The second kappa shape index (κ2) is 18.7. The molecule has 1 saturated heterocycles. The maximum atomic E-state index is 13.1. The number of aliphatic carboxylic acids is 1. The average Bonchev–Trinajstić information content (AvgIpc) is 3.52. The molecule has 2 rings (SSSR count). The van der Waals surface area contributed by atoms with E-state index in [4.69, 9.17) is 5.73 Å². The molecule has 266 valence electrons. The van der Waals surface area contributed by atoms with E-state index < -0.39 is 84.2 Å². The Morgan fingerprint density at radius 3 is 2.06 bits per heavy atom. The molecule has 15 heteroatoms. The van der Waals surface area contributed by atoms with E-state index in [1.54, 1.807) is 13.8 Å². The molecule has 6 unspecified atom stereocenters. The predicted molar refractivity (Wildman–Crippen MR) is 177 cm³/mol. The summed E-state index contributed by atoms with van der Waals surface area (Å²) in [5.74, 6) is -5.07. The number of benzene rings is 1. The van der Waals surface area contributed by atoms with Gasteiger partial charge in [-0.05, 0) is 56.9 Å². The first-order valence-electron chi connectivity index (χ1n) is 16.3. The lowest BCUT2D eigenvalue weighted by Gasteiger charge is -2.26. The van der Waals surface area contributed by atoms with Gasteiger partial charge in [0.15, 0.2) is 0 Å². The van der Waals surface area contributed by atoms with Gasteiger partial charge in [-0.25, -0.2) is 4.79 Å². The first kappa shape index (κ1) is 39.6. The fraction of sp³-hybridized carbons (Fsp3) is 0.606. The van der Waals surface area contributed by atoms with Crippen LogP contribution < -0.4 is 32.3 Å². The van der Waals surface area contributed by atoms with Crippen LogP contribution in [0.15, 0.2) is 30.3 Å². The predicted octanol–water partition coefficient (Wildman–Crippen LogP) is -0.571. The fourth-order valence-electron chi connectivity index (χ4n) is 5.31. The molecular weight excluding hydrogens is 622 g/mol. The summed E-state index contributed by atoms with van der Waals surface area (Å²) >= 11 is 0. The van der Waals surface area contributed by atoms with E-state index in [0.717, 1.165) is 5.56 Å². The van der Waals surface area contributed by atoms with Crippen LogP contribution in [0.4, 0.5) is 0 Å². The lowest BCUT2D eigenvalue weighted by Crippen LogP contribution is -2.58. The first-order chi connectivity index (χ1) is 22.5. The van der Waals surface area contributed by atoms with E-state index in [1.807, 2.05) is 44.2 Å². The molecule has 0 radical (unpaired) electrons. The number of nitrogens with two attached hydrogens (primary N) is 1. The van der Waals surface area contributed by atoms with Crippen molar-refractivity contribution in [2.24, 2.45) is 17.6 Å².